The van der Waals surface area contributed by atoms with Gasteiger partial charge in [0.15, 0.2) is 0 Å². The molecule has 0 radical (unpaired) electrons. The predicted octanol–water partition coefficient (Wildman–Crippen LogP) is 2.33. The van der Waals surface area contributed by atoms with Gasteiger partial charge in [0.25, 0.3) is 0 Å². The Morgan fingerprint density at radius 2 is 1.95 bits per heavy atom. The Labute approximate surface area is 119 Å². The summed E-state index contributed by atoms with van der Waals surface area (Å²) in [6, 6.07) is 0. The lowest BCUT2D eigenvalue weighted by molar-refractivity contribution is 0.342. The highest BCUT2D eigenvalue weighted by Crippen LogP contribution is 2.49. The van der Waals surface area contributed by atoms with Gasteiger partial charge >= 0.3 is 0 Å². The van der Waals surface area contributed by atoms with E-state index in [1.807, 2.05) is 0 Å². The average Bonchev–Trinajstić information content (AvgIpc) is 3.20. The number of nitrogens with two attached hydrogens (primary N) is 1. The lowest BCUT2D eigenvalue weighted by atomic mass is 9.90. The van der Waals surface area contributed by atoms with Gasteiger partial charge in [-0.1, -0.05) is 11.6 Å². The Balaban J connectivity index is 1.51. The van der Waals surface area contributed by atoms with E-state index < -0.39 is 0 Å². The van der Waals surface area contributed by atoms with Crippen LogP contribution in [0.5, 0.6) is 0 Å². The molecule has 1 aromatic rings. The van der Waals surface area contributed by atoms with Crippen molar-refractivity contribution in [1.82, 2.24) is 9.97 Å². The fraction of sp³-hybridized carbons (Fsp3) is 0.714. The Kier molecular flexibility index (Phi) is 3.89. The van der Waals surface area contributed by atoms with E-state index in [4.69, 9.17) is 17.3 Å². The number of halogens is 1. The fourth-order valence-electron chi connectivity index (χ4n) is 3.39. The van der Waals surface area contributed by atoms with Crippen molar-refractivity contribution in [3.8, 4) is 0 Å². The number of hydrogen-bond acceptors (Lipinski definition) is 4. The second-order valence-corrected chi connectivity index (χ2v) is 6.20. The van der Waals surface area contributed by atoms with Gasteiger partial charge < -0.3 is 10.6 Å². The first-order valence-electron chi connectivity index (χ1n) is 7.20. The van der Waals surface area contributed by atoms with Gasteiger partial charge in [0.2, 0.25) is 5.95 Å². The molecule has 0 spiro atoms. The van der Waals surface area contributed by atoms with Crippen LogP contribution in [0, 0.1) is 17.8 Å². The summed E-state index contributed by atoms with van der Waals surface area (Å²) < 4.78 is 0. The van der Waals surface area contributed by atoms with Crippen LogP contribution < -0.4 is 10.6 Å². The number of aromatic nitrogens is 2. The van der Waals surface area contributed by atoms with E-state index in [-0.39, 0.29) is 0 Å². The number of hydrogen-bond donors (Lipinski definition) is 1. The Bertz CT molecular complexity index is 414. The van der Waals surface area contributed by atoms with Crippen molar-refractivity contribution in [2.75, 3.05) is 24.5 Å². The Hall–Kier alpha value is -0.870. The molecule has 2 atom stereocenters. The fourth-order valence-corrected chi connectivity index (χ4v) is 3.49. The molecule has 2 N–H and O–H groups in total. The normalized spacial score (nSPS) is 27.6. The molecule has 0 aromatic carbocycles. The molecule has 1 saturated carbocycles. The van der Waals surface area contributed by atoms with Crippen molar-refractivity contribution in [3.05, 3.63) is 17.4 Å². The third kappa shape index (κ3) is 3.00. The van der Waals surface area contributed by atoms with Crippen molar-refractivity contribution >= 4 is 17.5 Å². The molecule has 5 heteroatoms. The molecule has 19 heavy (non-hydrogen) atoms. The first-order valence-corrected chi connectivity index (χ1v) is 7.58. The molecule has 1 aromatic heterocycles. The first-order chi connectivity index (χ1) is 9.28. The second-order valence-electron chi connectivity index (χ2n) is 5.76. The van der Waals surface area contributed by atoms with Gasteiger partial charge in [-0.15, -0.1) is 0 Å². The van der Waals surface area contributed by atoms with E-state index in [1.165, 1.54) is 25.7 Å². The van der Waals surface area contributed by atoms with Gasteiger partial charge in [-0.25, -0.2) is 9.97 Å². The van der Waals surface area contributed by atoms with Crippen molar-refractivity contribution in [1.29, 1.82) is 0 Å². The zero-order valence-corrected chi connectivity index (χ0v) is 11.9. The minimum Gasteiger partial charge on any atom is -0.341 e. The van der Waals surface area contributed by atoms with Gasteiger partial charge in [0.1, 0.15) is 0 Å². The smallest absolute Gasteiger partial charge is 0.225 e. The Morgan fingerprint density at radius 3 is 2.58 bits per heavy atom. The van der Waals surface area contributed by atoms with Crippen LogP contribution in [0.1, 0.15) is 25.7 Å². The topological polar surface area (TPSA) is 55.0 Å². The molecule has 0 amide bonds. The van der Waals surface area contributed by atoms with Gasteiger partial charge in [0, 0.05) is 13.1 Å². The van der Waals surface area contributed by atoms with Crippen molar-refractivity contribution in [2.24, 2.45) is 23.5 Å². The Morgan fingerprint density at radius 1 is 1.26 bits per heavy atom. The van der Waals surface area contributed by atoms with Crippen LogP contribution in [0.25, 0.3) is 0 Å². The van der Waals surface area contributed by atoms with Crippen LogP contribution in [-0.2, 0) is 0 Å². The van der Waals surface area contributed by atoms with Gasteiger partial charge in [-0.2, -0.15) is 0 Å². The minimum absolute atomic E-state index is 0.598. The predicted molar refractivity (Wildman–Crippen MR) is 77.2 cm³/mol. The number of rotatable bonds is 4. The summed E-state index contributed by atoms with van der Waals surface area (Å²) in [6.45, 7) is 2.98. The zero-order chi connectivity index (χ0) is 13.2. The van der Waals surface area contributed by atoms with E-state index in [2.05, 4.69) is 14.9 Å². The molecular formula is C14H21ClN4. The maximum Gasteiger partial charge on any atom is 0.225 e. The number of anilines is 1. The molecule has 2 fully saturated rings. The van der Waals surface area contributed by atoms with E-state index in [0.717, 1.165) is 43.3 Å². The lowest BCUT2D eigenvalue weighted by Gasteiger charge is -2.32. The van der Waals surface area contributed by atoms with E-state index in [0.29, 0.717) is 5.02 Å². The monoisotopic (exact) mass is 280 g/mol. The van der Waals surface area contributed by atoms with Crippen LogP contribution in [0.15, 0.2) is 12.4 Å². The average molecular weight is 281 g/mol. The molecule has 104 valence electrons. The summed E-state index contributed by atoms with van der Waals surface area (Å²) in [6.07, 6.45) is 8.49. The van der Waals surface area contributed by atoms with Crippen LogP contribution in [0.2, 0.25) is 5.02 Å². The summed E-state index contributed by atoms with van der Waals surface area (Å²) in [5.74, 6) is 3.56. The lowest BCUT2D eigenvalue weighted by Crippen LogP contribution is -2.35. The highest BCUT2D eigenvalue weighted by Gasteiger charge is 2.42. The molecule has 1 aliphatic heterocycles. The minimum atomic E-state index is 0.598. The van der Waals surface area contributed by atoms with Crippen LogP contribution in [-0.4, -0.2) is 29.6 Å². The number of nitrogens with zero attached hydrogens (tertiary/aromatic N) is 3. The van der Waals surface area contributed by atoms with Crippen molar-refractivity contribution in [2.45, 2.75) is 25.7 Å². The van der Waals surface area contributed by atoms with Crippen molar-refractivity contribution in [3.63, 3.8) is 0 Å². The van der Waals surface area contributed by atoms with Crippen LogP contribution in [0.4, 0.5) is 5.95 Å². The molecular weight excluding hydrogens is 260 g/mol. The largest absolute Gasteiger partial charge is 0.341 e. The zero-order valence-electron chi connectivity index (χ0n) is 11.1. The third-order valence-corrected chi connectivity index (χ3v) is 4.74. The highest BCUT2D eigenvalue weighted by atomic mass is 35.5. The summed E-state index contributed by atoms with van der Waals surface area (Å²) in [4.78, 5) is 10.9. The summed E-state index contributed by atoms with van der Waals surface area (Å²) in [5, 5.41) is 0.598. The van der Waals surface area contributed by atoms with E-state index >= 15 is 0 Å². The summed E-state index contributed by atoms with van der Waals surface area (Å²) >= 11 is 5.82. The molecule has 3 rings (SSSR count). The standard InChI is InChI=1S/C14H21ClN4/c15-12-8-17-14(18-9-12)19-5-2-10(3-6-19)13-7-11(13)1-4-16/h8-11,13H,1-7,16H2/t11-,13+/m1/s1. The van der Waals surface area contributed by atoms with Gasteiger partial charge in [0.05, 0.1) is 17.4 Å². The molecule has 2 aliphatic rings. The molecule has 1 aliphatic carbocycles. The van der Waals surface area contributed by atoms with E-state index in [9.17, 15) is 0 Å². The SMILES string of the molecule is NCC[C@@H]1C[C@H]1C1CCN(c2ncc(Cl)cn2)CC1. The van der Waals surface area contributed by atoms with Gasteiger partial charge in [-0.05, 0) is 50.0 Å². The molecule has 0 unspecified atom stereocenters. The van der Waals surface area contributed by atoms with Crippen LogP contribution in [0.3, 0.4) is 0 Å². The molecule has 0 bridgehead atoms. The summed E-state index contributed by atoms with van der Waals surface area (Å²) in [5.41, 5.74) is 5.64. The maximum atomic E-state index is 5.82. The molecule has 4 nitrogen and oxygen atoms in total. The van der Waals surface area contributed by atoms with Crippen LogP contribution >= 0.6 is 11.6 Å². The first kappa shape index (κ1) is 13.1. The summed E-state index contributed by atoms with van der Waals surface area (Å²) in [7, 11) is 0. The van der Waals surface area contributed by atoms with Crippen molar-refractivity contribution < 1.29 is 0 Å². The molecule has 1 saturated heterocycles. The van der Waals surface area contributed by atoms with E-state index in [1.54, 1.807) is 12.4 Å². The number of piperidine rings is 1. The maximum absolute atomic E-state index is 5.82. The molecule has 2 heterocycles. The quantitative estimate of drug-likeness (QED) is 0.920. The third-order valence-electron chi connectivity index (χ3n) is 4.55. The van der Waals surface area contributed by atoms with Gasteiger partial charge in [-0.3, -0.25) is 0 Å². The second kappa shape index (κ2) is 5.63. The highest BCUT2D eigenvalue weighted by molar-refractivity contribution is 6.30.